The summed E-state index contributed by atoms with van der Waals surface area (Å²) in [7, 11) is 1.61. The second-order valence-corrected chi connectivity index (χ2v) is 6.70. The van der Waals surface area contributed by atoms with Gasteiger partial charge in [0.2, 0.25) is 0 Å². The van der Waals surface area contributed by atoms with Crippen molar-refractivity contribution < 1.29 is 19.4 Å². The predicted octanol–water partition coefficient (Wildman–Crippen LogP) is 3.49. The van der Waals surface area contributed by atoms with Crippen molar-refractivity contribution in [2.45, 2.75) is 44.8 Å². The van der Waals surface area contributed by atoms with E-state index in [2.05, 4.69) is 5.32 Å². The molecule has 23 heavy (non-hydrogen) atoms. The summed E-state index contributed by atoms with van der Waals surface area (Å²) in [4.78, 5) is 11.3. The zero-order chi connectivity index (χ0) is 17.1. The van der Waals surface area contributed by atoms with E-state index in [4.69, 9.17) is 32.7 Å². The number of carboxylic acid groups (broad SMARTS) is 1. The van der Waals surface area contributed by atoms with Crippen LogP contribution in [-0.2, 0) is 14.3 Å². The van der Waals surface area contributed by atoms with E-state index in [-0.39, 0.29) is 12.0 Å². The third kappa shape index (κ3) is 4.58. The van der Waals surface area contributed by atoms with Gasteiger partial charge in [0.1, 0.15) is 6.04 Å². The summed E-state index contributed by atoms with van der Waals surface area (Å²) >= 11 is 12.0. The Morgan fingerprint density at radius 2 is 2.00 bits per heavy atom. The van der Waals surface area contributed by atoms with Crippen LogP contribution >= 0.6 is 23.2 Å². The summed E-state index contributed by atoms with van der Waals surface area (Å²) in [5.74, 6) is -0.858. The molecule has 0 saturated carbocycles. The minimum atomic E-state index is -0.931. The molecule has 1 aliphatic heterocycles. The van der Waals surface area contributed by atoms with Crippen LogP contribution < -0.4 is 5.32 Å². The van der Waals surface area contributed by atoms with Crippen molar-refractivity contribution in [1.29, 1.82) is 0 Å². The minimum Gasteiger partial charge on any atom is -0.480 e. The Hall–Kier alpha value is -0.850. The lowest BCUT2D eigenvalue weighted by Crippen LogP contribution is -2.46. The Bertz CT molecular complexity index is 549. The predicted molar refractivity (Wildman–Crippen MR) is 88.9 cm³/mol. The first kappa shape index (κ1) is 18.5. The molecule has 5 nitrogen and oxygen atoms in total. The van der Waals surface area contributed by atoms with Gasteiger partial charge in [0.25, 0.3) is 0 Å². The SMILES string of the molecule is CNC(C(=O)O)[C@@H]1OC(O[C@H](C)c2cc(Cl)cc(Cl)c2)C[C@H]1C. The molecule has 1 fully saturated rings. The maximum atomic E-state index is 11.3. The quantitative estimate of drug-likeness (QED) is 0.811. The highest BCUT2D eigenvalue weighted by atomic mass is 35.5. The third-order valence-electron chi connectivity index (χ3n) is 4.05. The molecular formula is C16H21Cl2NO4. The van der Waals surface area contributed by atoms with Crippen LogP contribution in [-0.4, -0.2) is 36.6 Å². The fraction of sp³-hybridized carbons (Fsp3) is 0.562. The number of benzene rings is 1. The number of hydrogen-bond acceptors (Lipinski definition) is 4. The average molecular weight is 362 g/mol. The van der Waals surface area contributed by atoms with Crippen molar-refractivity contribution in [2.24, 2.45) is 5.92 Å². The maximum absolute atomic E-state index is 11.3. The Kier molecular flexibility index (Phi) is 6.28. The van der Waals surface area contributed by atoms with E-state index in [0.29, 0.717) is 16.5 Å². The van der Waals surface area contributed by atoms with Gasteiger partial charge in [0.15, 0.2) is 6.29 Å². The molecule has 0 radical (unpaired) electrons. The first-order chi connectivity index (χ1) is 10.8. The van der Waals surface area contributed by atoms with Crippen molar-refractivity contribution in [2.75, 3.05) is 7.05 Å². The molecule has 1 aromatic rings. The molecule has 0 bridgehead atoms. The highest BCUT2D eigenvalue weighted by molar-refractivity contribution is 6.34. The Morgan fingerprint density at radius 1 is 1.39 bits per heavy atom. The topological polar surface area (TPSA) is 67.8 Å². The molecule has 0 spiro atoms. The molecule has 0 amide bonds. The molecule has 7 heteroatoms. The van der Waals surface area contributed by atoms with E-state index in [1.54, 1.807) is 25.2 Å². The average Bonchev–Trinajstić information content (AvgIpc) is 2.79. The zero-order valence-corrected chi connectivity index (χ0v) is 14.8. The van der Waals surface area contributed by atoms with Gasteiger partial charge in [-0.1, -0.05) is 30.1 Å². The second-order valence-electron chi connectivity index (χ2n) is 5.83. The van der Waals surface area contributed by atoms with Crippen LogP contribution in [0.2, 0.25) is 10.0 Å². The Labute approximate surface area is 145 Å². The summed E-state index contributed by atoms with van der Waals surface area (Å²) < 4.78 is 11.7. The lowest BCUT2D eigenvalue weighted by atomic mass is 9.97. The van der Waals surface area contributed by atoms with Crippen molar-refractivity contribution in [1.82, 2.24) is 5.32 Å². The van der Waals surface area contributed by atoms with Gasteiger partial charge < -0.3 is 19.9 Å². The molecule has 2 unspecified atom stereocenters. The monoisotopic (exact) mass is 361 g/mol. The van der Waals surface area contributed by atoms with Gasteiger partial charge >= 0.3 is 5.97 Å². The molecule has 1 aliphatic rings. The van der Waals surface area contributed by atoms with Crippen molar-refractivity contribution >= 4 is 29.2 Å². The van der Waals surface area contributed by atoms with Crippen LogP contribution in [0.3, 0.4) is 0 Å². The fourth-order valence-corrected chi connectivity index (χ4v) is 3.38. The van der Waals surface area contributed by atoms with Crippen LogP contribution in [0.5, 0.6) is 0 Å². The van der Waals surface area contributed by atoms with Crippen LogP contribution in [0, 0.1) is 5.92 Å². The van der Waals surface area contributed by atoms with Gasteiger partial charge in [-0.15, -0.1) is 0 Å². The number of likely N-dealkylation sites (N-methyl/N-ethyl adjacent to an activating group) is 1. The summed E-state index contributed by atoms with van der Waals surface area (Å²) in [6, 6.07) is 4.49. The summed E-state index contributed by atoms with van der Waals surface area (Å²) in [5, 5.41) is 13.1. The number of ether oxygens (including phenoxy) is 2. The molecule has 128 valence electrons. The Morgan fingerprint density at radius 3 is 2.52 bits per heavy atom. The van der Waals surface area contributed by atoms with E-state index < -0.39 is 24.4 Å². The van der Waals surface area contributed by atoms with Gasteiger partial charge in [0.05, 0.1) is 12.2 Å². The van der Waals surface area contributed by atoms with Crippen molar-refractivity contribution in [3.63, 3.8) is 0 Å². The first-order valence-electron chi connectivity index (χ1n) is 7.48. The summed E-state index contributed by atoms with van der Waals surface area (Å²) in [5.41, 5.74) is 0.852. The number of carboxylic acids is 1. The lowest BCUT2D eigenvalue weighted by Gasteiger charge is -2.23. The van der Waals surface area contributed by atoms with E-state index in [0.717, 1.165) is 5.56 Å². The van der Waals surface area contributed by atoms with Gasteiger partial charge in [-0.05, 0) is 43.7 Å². The molecule has 1 aromatic carbocycles. The molecule has 5 atom stereocenters. The van der Waals surface area contributed by atoms with E-state index in [9.17, 15) is 9.90 Å². The van der Waals surface area contributed by atoms with Crippen molar-refractivity contribution in [3.05, 3.63) is 33.8 Å². The Balaban J connectivity index is 2.02. The fourth-order valence-electron chi connectivity index (χ4n) is 2.84. The van der Waals surface area contributed by atoms with Gasteiger partial charge in [-0.2, -0.15) is 0 Å². The molecule has 1 saturated heterocycles. The highest BCUT2D eigenvalue weighted by Crippen LogP contribution is 2.33. The second kappa shape index (κ2) is 7.81. The molecule has 0 aromatic heterocycles. The van der Waals surface area contributed by atoms with E-state index in [1.165, 1.54) is 0 Å². The van der Waals surface area contributed by atoms with Gasteiger partial charge in [-0.25, -0.2) is 0 Å². The third-order valence-corrected chi connectivity index (χ3v) is 4.49. The number of halogens is 2. The molecular weight excluding hydrogens is 341 g/mol. The van der Waals surface area contributed by atoms with Gasteiger partial charge in [-0.3, -0.25) is 4.79 Å². The summed E-state index contributed by atoms with van der Waals surface area (Å²) in [6.45, 7) is 3.85. The van der Waals surface area contributed by atoms with Crippen LogP contribution in [0.1, 0.15) is 31.9 Å². The molecule has 0 aliphatic carbocycles. The molecule has 1 heterocycles. The normalized spacial score (nSPS) is 26.9. The van der Waals surface area contributed by atoms with E-state index >= 15 is 0 Å². The van der Waals surface area contributed by atoms with Crippen LogP contribution in [0.15, 0.2) is 18.2 Å². The molecule has 2 rings (SSSR count). The minimum absolute atomic E-state index is 0.0729. The first-order valence-corrected chi connectivity index (χ1v) is 8.24. The largest absolute Gasteiger partial charge is 0.480 e. The number of nitrogens with one attached hydrogen (secondary N) is 1. The van der Waals surface area contributed by atoms with Crippen LogP contribution in [0.4, 0.5) is 0 Å². The zero-order valence-electron chi connectivity index (χ0n) is 13.3. The summed E-state index contributed by atoms with van der Waals surface area (Å²) in [6.07, 6.45) is -0.523. The number of carbonyl (C=O) groups is 1. The van der Waals surface area contributed by atoms with Crippen LogP contribution in [0.25, 0.3) is 0 Å². The lowest BCUT2D eigenvalue weighted by molar-refractivity contribution is -0.171. The maximum Gasteiger partial charge on any atom is 0.323 e. The number of rotatable bonds is 6. The standard InChI is InChI=1S/C16H21Cl2NO4/c1-8-4-13(23-15(8)14(19-3)16(20)21)22-9(2)10-5-11(17)7-12(18)6-10/h5-9,13-15,19H,4H2,1-3H3,(H,20,21)/t8-,9-,13?,14?,15-/m1/s1. The smallest absolute Gasteiger partial charge is 0.323 e. The molecule has 2 N–H and O–H groups in total. The highest BCUT2D eigenvalue weighted by Gasteiger charge is 2.41. The number of hydrogen-bond donors (Lipinski definition) is 2. The van der Waals surface area contributed by atoms with Crippen molar-refractivity contribution in [3.8, 4) is 0 Å². The van der Waals surface area contributed by atoms with E-state index in [1.807, 2.05) is 13.8 Å². The number of aliphatic carboxylic acids is 1. The van der Waals surface area contributed by atoms with Gasteiger partial charge in [0, 0.05) is 16.5 Å².